The second kappa shape index (κ2) is 8.67. The van der Waals surface area contributed by atoms with Crippen LogP contribution in [-0.2, 0) is 12.0 Å². The standard InChI is InChI=1S/C26H31N3O2/c1-4-8-24-19(2)27-29(20(24)3)23-13-11-21(12-14-23)25(30)28-17-15-26(31,16-18-28)22-9-6-5-7-10-22/h5-7,9-14,31H,4,8,15-18H2,1-3H3. The van der Waals surface area contributed by atoms with E-state index in [1.165, 1.54) is 5.56 Å². The number of nitrogens with zero attached hydrogens (tertiary/aromatic N) is 3. The van der Waals surface area contributed by atoms with Gasteiger partial charge in [0.1, 0.15) is 0 Å². The Morgan fingerprint density at radius 3 is 2.29 bits per heavy atom. The molecule has 1 N–H and O–H groups in total. The minimum atomic E-state index is -0.854. The average Bonchev–Trinajstić information content (AvgIpc) is 3.08. The van der Waals surface area contributed by atoms with E-state index in [2.05, 4.69) is 20.8 Å². The molecule has 2 aromatic carbocycles. The molecule has 0 saturated carbocycles. The van der Waals surface area contributed by atoms with Crippen molar-refractivity contribution in [1.82, 2.24) is 14.7 Å². The number of rotatable bonds is 5. The van der Waals surface area contributed by atoms with E-state index in [4.69, 9.17) is 5.10 Å². The Hall–Kier alpha value is -2.92. The highest BCUT2D eigenvalue weighted by molar-refractivity contribution is 5.94. The monoisotopic (exact) mass is 417 g/mol. The van der Waals surface area contributed by atoms with Crippen molar-refractivity contribution in [3.05, 3.63) is 82.7 Å². The maximum absolute atomic E-state index is 13.0. The predicted octanol–water partition coefficient (Wildman–Crippen LogP) is 4.57. The summed E-state index contributed by atoms with van der Waals surface area (Å²) in [7, 11) is 0. The normalized spacial score (nSPS) is 15.8. The Bertz CT molecular complexity index is 1050. The molecular weight excluding hydrogens is 386 g/mol. The summed E-state index contributed by atoms with van der Waals surface area (Å²) in [6.07, 6.45) is 3.22. The number of hydrogen-bond acceptors (Lipinski definition) is 3. The molecule has 0 aliphatic carbocycles. The van der Waals surface area contributed by atoms with Crippen molar-refractivity contribution < 1.29 is 9.90 Å². The molecule has 5 heteroatoms. The molecule has 0 spiro atoms. The van der Waals surface area contributed by atoms with Crippen LogP contribution in [0, 0.1) is 13.8 Å². The van der Waals surface area contributed by atoms with Crippen LogP contribution in [0.3, 0.4) is 0 Å². The lowest BCUT2D eigenvalue weighted by atomic mass is 9.84. The molecule has 0 unspecified atom stereocenters. The molecule has 4 rings (SSSR count). The Kier molecular flexibility index (Phi) is 5.96. The van der Waals surface area contributed by atoms with Crippen molar-refractivity contribution in [1.29, 1.82) is 0 Å². The summed E-state index contributed by atoms with van der Waals surface area (Å²) in [5.74, 6) is 0.0155. The molecule has 5 nitrogen and oxygen atoms in total. The van der Waals surface area contributed by atoms with Gasteiger partial charge in [-0.1, -0.05) is 43.7 Å². The maximum Gasteiger partial charge on any atom is 0.253 e. The number of benzene rings is 2. The minimum Gasteiger partial charge on any atom is -0.385 e. The summed E-state index contributed by atoms with van der Waals surface area (Å²) in [4.78, 5) is 14.9. The Balaban J connectivity index is 1.46. The van der Waals surface area contributed by atoms with Gasteiger partial charge < -0.3 is 10.0 Å². The molecular formula is C26H31N3O2. The molecule has 2 heterocycles. The number of hydrogen-bond donors (Lipinski definition) is 1. The van der Waals surface area contributed by atoms with Gasteiger partial charge in [-0.05, 0) is 68.5 Å². The van der Waals surface area contributed by atoms with E-state index in [-0.39, 0.29) is 5.91 Å². The summed E-state index contributed by atoms with van der Waals surface area (Å²) in [5, 5.41) is 15.7. The highest BCUT2D eigenvalue weighted by Crippen LogP contribution is 2.33. The molecule has 1 aliphatic rings. The van der Waals surface area contributed by atoms with Crippen molar-refractivity contribution in [2.75, 3.05) is 13.1 Å². The lowest BCUT2D eigenvalue weighted by molar-refractivity contribution is -0.0211. The van der Waals surface area contributed by atoms with Gasteiger partial charge in [0.05, 0.1) is 17.0 Å². The van der Waals surface area contributed by atoms with Gasteiger partial charge in [-0.3, -0.25) is 4.79 Å². The first kappa shape index (κ1) is 21.3. The Labute approximate surface area is 184 Å². The Morgan fingerprint density at radius 2 is 1.68 bits per heavy atom. The fourth-order valence-corrected chi connectivity index (χ4v) is 4.58. The molecule has 162 valence electrons. The third-order valence-corrected chi connectivity index (χ3v) is 6.49. The van der Waals surface area contributed by atoms with Gasteiger partial charge in [0.15, 0.2) is 0 Å². The van der Waals surface area contributed by atoms with E-state index in [1.807, 2.05) is 64.2 Å². The lowest BCUT2D eigenvalue weighted by Gasteiger charge is -2.38. The van der Waals surface area contributed by atoms with Crippen molar-refractivity contribution in [2.24, 2.45) is 0 Å². The molecule has 31 heavy (non-hydrogen) atoms. The second-order valence-electron chi connectivity index (χ2n) is 8.55. The Morgan fingerprint density at radius 1 is 1.03 bits per heavy atom. The number of amides is 1. The number of aliphatic hydroxyl groups is 1. The van der Waals surface area contributed by atoms with Crippen LogP contribution in [0.15, 0.2) is 54.6 Å². The van der Waals surface area contributed by atoms with Gasteiger partial charge in [0.2, 0.25) is 0 Å². The van der Waals surface area contributed by atoms with E-state index < -0.39 is 5.60 Å². The van der Waals surface area contributed by atoms with Crippen molar-refractivity contribution in [3.8, 4) is 5.69 Å². The van der Waals surface area contributed by atoms with Crippen LogP contribution in [-0.4, -0.2) is 38.8 Å². The quantitative estimate of drug-likeness (QED) is 0.662. The van der Waals surface area contributed by atoms with Crippen LogP contribution in [0.4, 0.5) is 0 Å². The summed E-state index contributed by atoms with van der Waals surface area (Å²) >= 11 is 0. The van der Waals surface area contributed by atoms with Crippen LogP contribution in [0.1, 0.15) is 59.1 Å². The number of piperidine rings is 1. The van der Waals surface area contributed by atoms with E-state index in [1.54, 1.807) is 0 Å². The molecule has 1 saturated heterocycles. The highest BCUT2D eigenvalue weighted by Gasteiger charge is 2.35. The van der Waals surface area contributed by atoms with Gasteiger partial charge >= 0.3 is 0 Å². The number of carbonyl (C=O) groups is 1. The molecule has 0 atom stereocenters. The molecule has 3 aromatic rings. The van der Waals surface area contributed by atoms with E-state index in [0.717, 1.165) is 35.5 Å². The first-order chi connectivity index (χ1) is 14.9. The largest absolute Gasteiger partial charge is 0.385 e. The number of aromatic nitrogens is 2. The van der Waals surface area contributed by atoms with Crippen molar-refractivity contribution in [3.63, 3.8) is 0 Å². The van der Waals surface area contributed by atoms with E-state index in [0.29, 0.717) is 31.5 Å². The van der Waals surface area contributed by atoms with Crippen molar-refractivity contribution in [2.45, 2.75) is 52.1 Å². The van der Waals surface area contributed by atoms with E-state index >= 15 is 0 Å². The fraction of sp³-hybridized carbons (Fsp3) is 0.385. The lowest BCUT2D eigenvalue weighted by Crippen LogP contribution is -2.45. The smallest absolute Gasteiger partial charge is 0.253 e. The minimum absolute atomic E-state index is 0.0155. The van der Waals surface area contributed by atoms with Gasteiger partial charge in [-0.15, -0.1) is 0 Å². The molecule has 0 radical (unpaired) electrons. The topological polar surface area (TPSA) is 58.4 Å². The highest BCUT2D eigenvalue weighted by atomic mass is 16.3. The number of aryl methyl sites for hydroxylation is 1. The van der Waals surface area contributed by atoms with Gasteiger partial charge in [0, 0.05) is 24.3 Å². The molecule has 1 aromatic heterocycles. The zero-order valence-corrected chi connectivity index (χ0v) is 18.6. The van der Waals surface area contributed by atoms with Crippen LogP contribution in [0.2, 0.25) is 0 Å². The third kappa shape index (κ3) is 4.15. The van der Waals surface area contributed by atoms with Gasteiger partial charge in [0.25, 0.3) is 5.91 Å². The summed E-state index contributed by atoms with van der Waals surface area (Å²) in [6.45, 7) is 7.43. The molecule has 0 bridgehead atoms. The summed E-state index contributed by atoms with van der Waals surface area (Å²) < 4.78 is 1.97. The average molecular weight is 418 g/mol. The maximum atomic E-state index is 13.0. The van der Waals surface area contributed by atoms with E-state index in [9.17, 15) is 9.90 Å². The van der Waals surface area contributed by atoms with Crippen LogP contribution in [0.25, 0.3) is 5.69 Å². The zero-order valence-electron chi connectivity index (χ0n) is 18.6. The SMILES string of the molecule is CCCc1c(C)nn(-c2ccc(C(=O)N3CCC(O)(c4ccccc4)CC3)cc2)c1C. The molecule has 1 amide bonds. The third-order valence-electron chi connectivity index (χ3n) is 6.49. The van der Waals surface area contributed by atoms with Gasteiger partial charge in [-0.2, -0.15) is 5.10 Å². The first-order valence-corrected chi connectivity index (χ1v) is 11.2. The first-order valence-electron chi connectivity index (χ1n) is 11.2. The fourth-order valence-electron chi connectivity index (χ4n) is 4.58. The molecule has 1 fully saturated rings. The zero-order chi connectivity index (χ0) is 22.0. The van der Waals surface area contributed by atoms with Crippen molar-refractivity contribution >= 4 is 5.91 Å². The van der Waals surface area contributed by atoms with Gasteiger partial charge in [-0.25, -0.2) is 4.68 Å². The molecule has 1 aliphatic heterocycles. The predicted molar refractivity (Wildman–Crippen MR) is 123 cm³/mol. The van der Waals surface area contributed by atoms with Crippen LogP contribution < -0.4 is 0 Å². The number of carbonyl (C=O) groups excluding carboxylic acids is 1. The number of likely N-dealkylation sites (tertiary alicyclic amines) is 1. The summed E-state index contributed by atoms with van der Waals surface area (Å²) in [6, 6.07) is 17.4. The van der Waals surface area contributed by atoms with Crippen LogP contribution in [0.5, 0.6) is 0 Å². The van der Waals surface area contributed by atoms with Crippen LogP contribution >= 0.6 is 0 Å². The second-order valence-corrected chi connectivity index (χ2v) is 8.55. The summed E-state index contributed by atoms with van der Waals surface area (Å²) in [5.41, 5.74) is 5.25.